The van der Waals surface area contributed by atoms with Crippen LogP contribution in [0.15, 0.2) is 95.7 Å². The van der Waals surface area contributed by atoms with Gasteiger partial charge in [-0.25, -0.2) is 0 Å². The first-order chi connectivity index (χ1) is 17.5. The molecule has 0 bridgehead atoms. The van der Waals surface area contributed by atoms with E-state index in [1.54, 1.807) is 7.11 Å². The second-order valence-electron chi connectivity index (χ2n) is 8.72. The van der Waals surface area contributed by atoms with E-state index in [-0.39, 0.29) is 5.91 Å². The highest BCUT2D eigenvalue weighted by Gasteiger charge is 2.29. The van der Waals surface area contributed by atoms with Crippen molar-refractivity contribution in [2.24, 2.45) is 5.10 Å². The largest absolute Gasteiger partial charge is 0.497 e. The number of carbonyl (C=O) groups is 1. The van der Waals surface area contributed by atoms with Crippen LogP contribution in [0.2, 0.25) is 0 Å². The summed E-state index contributed by atoms with van der Waals surface area (Å²) in [5, 5.41) is 21.0. The summed E-state index contributed by atoms with van der Waals surface area (Å²) in [6.07, 6.45) is 3.25. The molecule has 7 heteroatoms. The number of para-hydroxylation sites is 2. The summed E-state index contributed by atoms with van der Waals surface area (Å²) in [5.41, 5.74) is 4.74. The Kier molecular flexibility index (Phi) is 6.56. The monoisotopic (exact) mass is 480 g/mol. The zero-order valence-electron chi connectivity index (χ0n) is 20.3. The number of aliphatic hydroxyl groups is 1. The third kappa shape index (κ3) is 4.74. The van der Waals surface area contributed by atoms with Crippen LogP contribution in [0.25, 0.3) is 17.0 Å². The van der Waals surface area contributed by atoms with Gasteiger partial charge in [0.25, 0.3) is 5.91 Å². The van der Waals surface area contributed by atoms with Gasteiger partial charge < -0.3 is 19.7 Å². The topological polar surface area (TPSA) is 79.1 Å². The first-order valence-corrected chi connectivity index (χ1v) is 11.8. The second-order valence-corrected chi connectivity index (χ2v) is 8.72. The highest BCUT2D eigenvalue weighted by molar-refractivity contribution is 6.32. The normalized spacial score (nSPS) is 15.4. The molecule has 1 amide bonds. The lowest BCUT2D eigenvalue weighted by Crippen LogP contribution is -2.24. The minimum atomic E-state index is -0.627. The molecular formula is C29H28N4O3. The molecule has 1 aromatic heterocycles. The van der Waals surface area contributed by atoms with Gasteiger partial charge in [0.2, 0.25) is 0 Å². The van der Waals surface area contributed by atoms with Gasteiger partial charge in [-0.2, -0.15) is 10.1 Å². The fourth-order valence-corrected chi connectivity index (χ4v) is 4.39. The number of benzene rings is 3. The van der Waals surface area contributed by atoms with E-state index in [0.29, 0.717) is 24.4 Å². The van der Waals surface area contributed by atoms with Gasteiger partial charge in [-0.1, -0.05) is 42.5 Å². The Hall–Kier alpha value is -4.36. The van der Waals surface area contributed by atoms with Crippen molar-refractivity contribution in [3.05, 3.63) is 96.2 Å². The molecule has 5 rings (SSSR count). The lowest BCUT2D eigenvalue weighted by Gasteiger charge is -2.15. The van der Waals surface area contributed by atoms with Crippen LogP contribution in [-0.4, -0.2) is 41.1 Å². The molecule has 0 saturated carbocycles. The quantitative estimate of drug-likeness (QED) is 0.351. The van der Waals surface area contributed by atoms with Crippen LogP contribution >= 0.6 is 0 Å². The fraction of sp³-hybridized carbons (Fsp3) is 0.172. The number of amides is 1. The highest BCUT2D eigenvalue weighted by atomic mass is 16.5. The number of hydrogen-bond donors (Lipinski definition) is 2. The summed E-state index contributed by atoms with van der Waals surface area (Å²) in [6, 6.07) is 25.0. The van der Waals surface area contributed by atoms with Gasteiger partial charge in [0.1, 0.15) is 5.75 Å². The number of ether oxygens (including phenoxy) is 1. The number of methoxy groups -OCH3 is 1. The van der Waals surface area contributed by atoms with Crippen LogP contribution in [0.4, 0.5) is 11.4 Å². The van der Waals surface area contributed by atoms with Crippen molar-refractivity contribution in [1.82, 2.24) is 4.57 Å². The number of carbonyl (C=O) groups excluding carboxylic acids is 1. The van der Waals surface area contributed by atoms with Gasteiger partial charge in [-0.15, -0.1) is 0 Å². The van der Waals surface area contributed by atoms with E-state index in [9.17, 15) is 9.90 Å². The van der Waals surface area contributed by atoms with Crippen molar-refractivity contribution >= 4 is 40.0 Å². The molecule has 0 radical (unpaired) electrons. The zero-order valence-corrected chi connectivity index (χ0v) is 20.3. The van der Waals surface area contributed by atoms with Crippen LogP contribution in [0.3, 0.4) is 0 Å². The zero-order chi connectivity index (χ0) is 25.1. The standard InChI is InChI=1S/C29H28N4O3/c1-20-27(29(35)33(31-20)23-10-4-3-5-11-23)15-21-18-32(28-14-7-6-13-26(21)28)19-24(34)17-30-22-9-8-12-25(16-22)36-2/h3-16,18,24,30,34H,17,19H2,1-2H3/b27-15+/t24-/m0/s1. The number of aliphatic hydroxyl groups excluding tert-OH is 1. The first-order valence-electron chi connectivity index (χ1n) is 11.8. The summed E-state index contributed by atoms with van der Waals surface area (Å²) < 4.78 is 7.29. The molecule has 2 heterocycles. The van der Waals surface area contributed by atoms with Crippen molar-refractivity contribution < 1.29 is 14.6 Å². The van der Waals surface area contributed by atoms with Crippen LogP contribution in [0, 0.1) is 0 Å². The van der Waals surface area contributed by atoms with Crippen LogP contribution in [0.1, 0.15) is 12.5 Å². The second kappa shape index (κ2) is 10.1. The molecule has 1 aliphatic heterocycles. The van der Waals surface area contributed by atoms with Crippen molar-refractivity contribution in [3.8, 4) is 5.75 Å². The number of hydrazone groups is 1. The Bertz CT molecular complexity index is 1460. The SMILES string of the molecule is COc1cccc(NC[C@H](O)Cn2cc(/C=C3/C(=O)N(c4ccccc4)N=C3C)c3ccccc32)c1. The maximum absolute atomic E-state index is 13.2. The molecule has 182 valence electrons. The highest BCUT2D eigenvalue weighted by Crippen LogP contribution is 2.28. The van der Waals surface area contributed by atoms with Crippen molar-refractivity contribution in [2.45, 2.75) is 19.6 Å². The number of fused-ring (bicyclic) bond motifs is 1. The molecule has 1 aliphatic rings. The molecule has 4 aromatic rings. The Morgan fingerprint density at radius 1 is 1.06 bits per heavy atom. The van der Waals surface area contributed by atoms with Crippen molar-refractivity contribution in [2.75, 3.05) is 24.0 Å². The molecular weight excluding hydrogens is 452 g/mol. The Labute approximate surface area is 209 Å². The van der Waals surface area contributed by atoms with E-state index >= 15 is 0 Å². The molecule has 1 atom stereocenters. The summed E-state index contributed by atoms with van der Waals surface area (Å²) in [4.78, 5) is 13.2. The van der Waals surface area contributed by atoms with E-state index in [4.69, 9.17) is 4.74 Å². The van der Waals surface area contributed by atoms with Gasteiger partial charge in [0.05, 0.1) is 36.7 Å². The molecule has 2 N–H and O–H groups in total. The molecule has 0 spiro atoms. The average Bonchev–Trinajstić information content (AvgIpc) is 3.40. The molecule has 0 saturated heterocycles. The van der Waals surface area contributed by atoms with Crippen LogP contribution in [-0.2, 0) is 11.3 Å². The van der Waals surface area contributed by atoms with Gasteiger partial charge in [-0.05, 0) is 43.3 Å². The third-order valence-electron chi connectivity index (χ3n) is 6.20. The van der Waals surface area contributed by atoms with E-state index in [1.165, 1.54) is 5.01 Å². The van der Waals surface area contributed by atoms with Gasteiger partial charge in [0.15, 0.2) is 0 Å². The first kappa shape index (κ1) is 23.4. The number of aromatic nitrogens is 1. The average molecular weight is 481 g/mol. The number of nitrogens with one attached hydrogen (secondary N) is 1. The smallest absolute Gasteiger partial charge is 0.280 e. The predicted molar refractivity (Wildman–Crippen MR) is 144 cm³/mol. The van der Waals surface area contributed by atoms with E-state index in [1.807, 2.05) is 103 Å². The Morgan fingerprint density at radius 3 is 2.64 bits per heavy atom. The maximum Gasteiger partial charge on any atom is 0.280 e. The maximum atomic E-state index is 13.2. The fourth-order valence-electron chi connectivity index (χ4n) is 4.39. The number of nitrogens with zero attached hydrogens (tertiary/aromatic N) is 3. The molecule has 0 unspecified atom stereocenters. The van der Waals surface area contributed by atoms with E-state index in [0.717, 1.165) is 33.6 Å². The number of rotatable bonds is 8. The number of hydrogen-bond acceptors (Lipinski definition) is 5. The van der Waals surface area contributed by atoms with Crippen molar-refractivity contribution in [3.63, 3.8) is 0 Å². The van der Waals surface area contributed by atoms with Gasteiger partial charge in [-0.3, -0.25) is 4.79 Å². The van der Waals surface area contributed by atoms with Gasteiger partial charge >= 0.3 is 0 Å². The Morgan fingerprint density at radius 2 is 1.83 bits per heavy atom. The lowest BCUT2D eigenvalue weighted by molar-refractivity contribution is -0.114. The minimum Gasteiger partial charge on any atom is -0.497 e. The summed E-state index contributed by atoms with van der Waals surface area (Å²) in [6.45, 7) is 2.63. The summed E-state index contributed by atoms with van der Waals surface area (Å²) >= 11 is 0. The van der Waals surface area contributed by atoms with E-state index < -0.39 is 6.10 Å². The molecule has 0 fully saturated rings. The molecule has 3 aromatic carbocycles. The van der Waals surface area contributed by atoms with E-state index in [2.05, 4.69) is 10.4 Å². The molecule has 36 heavy (non-hydrogen) atoms. The van der Waals surface area contributed by atoms with Gasteiger partial charge in [0, 0.05) is 41.0 Å². The third-order valence-corrected chi connectivity index (χ3v) is 6.20. The predicted octanol–water partition coefficient (Wildman–Crippen LogP) is 4.93. The molecule has 0 aliphatic carbocycles. The number of anilines is 2. The minimum absolute atomic E-state index is 0.155. The summed E-state index contributed by atoms with van der Waals surface area (Å²) in [7, 11) is 1.63. The Balaban J connectivity index is 1.37. The summed E-state index contributed by atoms with van der Waals surface area (Å²) in [5.74, 6) is 0.604. The van der Waals surface area contributed by atoms with Crippen molar-refractivity contribution in [1.29, 1.82) is 0 Å². The lowest BCUT2D eigenvalue weighted by atomic mass is 10.1. The molecule has 7 nitrogen and oxygen atoms in total. The van der Waals surface area contributed by atoms with Crippen LogP contribution < -0.4 is 15.1 Å². The van der Waals surface area contributed by atoms with Crippen LogP contribution in [0.5, 0.6) is 5.75 Å².